The van der Waals surface area contributed by atoms with E-state index in [1.807, 2.05) is 13.0 Å². The molecular weight excluding hydrogens is 418 g/mol. The van der Waals surface area contributed by atoms with Crippen molar-refractivity contribution in [1.29, 1.82) is 0 Å². The molecule has 0 saturated heterocycles. The van der Waals surface area contributed by atoms with Crippen molar-refractivity contribution in [2.24, 2.45) is 0 Å². The van der Waals surface area contributed by atoms with E-state index in [9.17, 15) is 9.90 Å². The Morgan fingerprint density at radius 2 is 2.10 bits per heavy atom. The average molecular weight is 440 g/mol. The standard InChI is InChI=1S/C22H21N3O3S2/c1-3-28-17-11-19(30-21(17)22(26)27)16-10-20(25-12-24-16)23-8-6-14-4-5-18-15(13(14)2)7-9-29-18/h4-5,7,9-12H,3,6,8H2,1-2H3,(H,26,27)(H,23,24,25). The number of carbonyl (C=O) groups is 1. The van der Waals surface area contributed by atoms with Crippen LogP contribution in [0.5, 0.6) is 5.75 Å². The van der Waals surface area contributed by atoms with E-state index in [4.69, 9.17) is 4.74 Å². The first kappa shape index (κ1) is 20.3. The van der Waals surface area contributed by atoms with E-state index >= 15 is 0 Å². The first-order valence-corrected chi connectivity index (χ1v) is 11.3. The minimum atomic E-state index is -1.000. The first-order chi connectivity index (χ1) is 14.6. The zero-order valence-electron chi connectivity index (χ0n) is 16.6. The molecule has 0 atom stereocenters. The van der Waals surface area contributed by atoms with Crippen LogP contribution in [0.3, 0.4) is 0 Å². The predicted molar refractivity (Wildman–Crippen MR) is 122 cm³/mol. The minimum absolute atomic E-state index is 0.180. The lowest BCUT2D eigenvalue weighted by Crippen LogP contribution is -2.07. The average Bonchev–Trinajstić information content (AvgIpc) is 3.38. The SMILES string of the molecule is CCOc1cc(-c2cc(NCCc3ccc4sccc4c3C)ncn2)sc1C(=O)O. The molecule has 0 radical (unpaired) electrons. The topological polar surface area (TPSA) is 84.3 Å². The Labute approximate surface area is 182 Å². The molecule has 154 valence electrons. The maximum Gasteiger partial charge on any atom is 0.349 e. The number of benzene rings is 1. The number of anilines is 1. The van der Waals surface area contributed by atoms with Crippen LogP contribution < -0.4 is 10.1 Å². The van der Waals surface area contributed by atoms with Crippen LogP contribution in [0.2, 0.25) is 0 Å². The Kier molecular flexibility index (Phi) is 5.96. The van der Waals surface area contributed by atoms with Crippen LogP contribution in [0.25, 0.3) is 20.7 Å². The molecule has 1 aromatic carbocycles. The lowest BCUT2D eigenvalue weighted by atomic mass is 10.0. The van der Waals surface area contributed by atoms with E-state index in [1.54, 1.807) is 17.4 Å². The van der Waals surface area contributed by atoms with Gasteiger partial charge in [-0.3, -0.25) is 0 Å². The van der Waals surface area contributed by atoms with Gasteiger partial charge in [0.1, 0.15) is 17.9 Å². The monoisotopic (exact) mass is 439 g/mol. The van der Waals surface area contributed by atoms with E-state index in [-0.39, 0.29) is 4.88 Å². The number of rotatable bonds is 8. The molecule has 0 aliphatic heterocycles. The summed E-state index contributed by atoms with van der Waals surface area (Å²) in [6.45, 7) is 5.14. The molecule has 4 aromatic rings. The number of nitrogens with zero attached hydrogens (tertiary/aromatic N) is 2. The molecule has 0 bridgehead atoms. The van der Waals surface area contributed by atoms with Crippen LogP contribution >= 0.6 is 22.7 Å². The largest absolute Gasteiger partial charge is 0.492 e. The molecule has 6 nitrogen and oxygen atoms in total. The van der Waals surface area contributed by atoms with Gasteiger partial charge in [0.15, 0.2) is 4.88 Å². The molecule has 30 heavy (non-hydrogen) atoms. The molecule has 0 saturated carbocycles. The molecule has 0 spiro atoms. The number of aromatic nitrogens is 2. The molecule has 0 fully saturated rings. The molecule has 0 aliphatic carbocycles. The van der Waals surface area contributed by atoms with Gasteiger partial charge in [-0.05, 0) is 54.3 Å². The van der Waals surface area contributed by atoms with Crippen molar-refractivity contribution in [3.05, 3.63) is 58.0 Å². The quantitative estimate of drug-likeness (QED) is 0.378. The first-order valence-electron chi connectivity index (χ1n) is 9.58. The Morgan fingerprint density at radius 1 is 1.23 bits per heavy atom. The van der Waals surface area contributed by atoms with Crippen molar-refractivity contribution in [3.8, 4) is 16.3 Å². The van der Waals surface area contributed by atoms with Gasteiger partial charge in [0.25, 0.3) is 0 Å². The van der Waals surface area contributed by atoms with Crippen LogP contribution in [-0.4, -0.2) is 34.2 Å². The molecule has 0 aliphatic rings. The fourth-order valence-electron chi connectivity index (χ4n) is 3.33. The molecule has 2 N–H and O–H groups in total. The molecular formula is C22H21N3O3S2. The van der Waals surface area contributed by atoms with Crippen molar-refractivity contribution in [1.82, 2.24) is 9.97 Å². The maximum absolute atomic E-state index is 11.5. The van der Waals surface area contributed by atoms with E-state index in [1.165, 1.54) is 27.5 Å². The summed E-state index contributed by atoms with van der Waals surface area (Å²) in [7, 11) is 0. The number of carboxylic acids is 1. The van der Waals surface area contributed by atoms with Crippen molar-refractivity contribution in [2.45, 2.75) is 20.3 Å². The number of thiophene rings is 2. The second kappa shape index (κ2) is 8.81. The predicted octanol–water partition coefficient (Wildman–Crippen LogP) is 5.48. The second-order valence-electron chi connectivity index (χ2n) is 6.69. The van der Waals surface area contributed by atoms with Gasteiger partial charge in [-0.1, -0.05) is 6.07 Å². The van der Waals surface area contributed by atoms with Crippen molar-refractivity contribution in [2.75, 3.05) is 18.5 Å². The minimum Gasteiger partial charge on any atom is -0.492 e. The Bertz CT molecular complexity index is 1200. The van der Waals surface area contributed by atoms with Gasteiger partial charge in [0, 0.05) is 23.4 Å². The zero-order valence-corrected chi connectivity index (χ0v) is 18.3. The Morgan fingerprint density at radius 3 is 2.90 bits per heavy atom. The zero-order chi connectivity index (χ0) is 21.1. The summed E-state index contributed by atoms with van der Waals surface area (Å²) in [5.74, 6) is 0.0787. The highest BCUT2D eigenvalue weighted by Crippen LogP contribution is 2.36. The molecule has 3 aromatic heterocycles. The fourth-order valence-corrected chi connectivity index (χ4v) is 5.08. The molecule has 3 heterocycles. The van der Waals surface area contributed by atoms with Crippen LogP contribution in [0, 0.1) is 6.92 Å². The van der Waals surface area contributed by atoms with Crippen LogP contribution in [0.1, 0.15) is 27.7 Å². The number of carboxylic acid groups (broad SMARTS) is 1. The van der Waals surface area contributed by atoms with Gasteiger partial charge in [-0.25, -0.2) is 14.8 Å². The number of nitrogens with one attached hydrogen (secondary N) is 1. The number of hydrogen-bond donors (Lipinski definition) is 2. The summed E-state index contributed by atoms with van der Waals surface area (Å²) in [6.07, 6.45) is 2.37. The summed E-state index contributed by atoms with van der Waals surface area (Å²) < 4.78 is 6.76. The summed E-state index contributed by atoms with van der Waals surface area (Å²) in [6, 6.07) is 10.1. The molecule has 0 amide bonds. The second-order valence-corrected chi connectivity index (χ2v) is 8.69. The summed E-state index contributed by atoms with van der Waals surface area (Å²) in [4.78, 5) is 21.0. The third-order valence-electron chi connectivity index (χ3n) is 4.83. The fraction of sp³-hybridized carbons (Fsp3) is 0.227. The number of aromatic carboxylic acids is 1. The Hall–Kier alpha value is -2.97. The van der Waals surface area contributed by atoms with Gasteiger partial charge >= 0.3 is 5.97 Å². The number of aryl methyl sites for hydroxylation is 1. The lowest BCUT2D eigenvalue weighted by molar-refractivity contribution is 0.0698. The van der Waals surface area contributed by atoms with Gasteiger partial charge < -0.3 is 15.2 Å². The summed E-state index contributed by atoms with van der Waals surface area (Å²) in [5, 5.41) is 16.2. The van der Waals surface area contributed by atoms with Crippen LogP contribution in [0.15, 0.2) is 42.0 Å². The van der Waals surface area contributed by atoms with Gasteiger partial charge in [-0.15, -0.1) is 22.7 Å². The van der Waals surface area contributed by atoms with Gasteiger partial charge in [0.05, 0.1) is 17.2 Å². The highest BCUT2D eigenvalue weighted by Gasteiger charge is 2.18. The summed E-state index contributed by atoms with van der Waals surface area (Å²) >= 11 is 2.91. The number of hydrogen-bond acceptors (Lipinski definition) is 7. The third kappa shape index (κ3) is 4.15. The third-order valence-corrected chi connectivity index (χ3v) is 6.84. The van der Waals surface area contributed by atoms with E-state index in [0.717, 1.165) is 29.2 Å². The number of fused-ring (bicyclic) bond motifs is 1. The lowest BCUT2D eigenvalue weighted by Gasteiger charge is -2.09. The van der Waals surface area contributed by atoms with Crippen molar-refractivity contribution in [3.63, 3.8) is 0 Å². The summed E-state index contributed by atoms with van der Waals surface area (Å²) in [5.41, 5.74) is 3.30. The van der Waals surface area contributed by atoms with E-state index < -0.39 is 5.97 Å². The van der Waals surface area contributed by atoms with E-state index in [2.05, 4.69) is 45.8 Å². The van der Waals surface area contributed by atoms with E-state index in [0.29, 0.717) is 23.9 Å². The molecule has 0 unspecified atom stereocenters. The van der Waals surface area contributed by atoms with Crippen LogP contribution in [-0.2, 0) is 6.42 Å². The molecule has 8 heteroatoms. The highest BCUT2D eigenvalue weighted by molar-refractivity contribution is 7.17. The molecule has 4 rings (SSSR count). The maximum atomic E-state index is 11.5. The Balaban J connectivity index is 1.48. The van der Waals surface area contributed by atoms with Crippen molar-refractivity contribution >= 4 is 44.5 Å². The van der Waals surface area contributed by atoms with Crippen LogP contribution in [0.4, 0.5) is 5.82 Å². The van der Waals surface area contributed by atoms with Gasteiger partial charge in [0.2, 0.25) is 0 Å². The highest BCUT2D eigenvalue weighted by atomic mass is 32.1. The van der Waals surface area contributed by atoms with Crippen molar-refractivity contribution < 1.29 is 14.6 Å². The number of ether oxygens (including phenoxy) is 1. The smallest absolute Gasteiger partial charge is 0.349 e. The normalized spacial score (nSPS) is 11.0. The van der Waals surface area contributed by atoms with Gasteiger partial charge in [-0.2, -0.15) is 0 Å².